The molecule has 0 fully saturated rings. The summed E-state index contributed by atoms with van der Waals surface area (Å²) < 4.78 is 0. The topological polar surface area (TPSA) is 73.6 Å². The van der Waals surface area contributed by atoms with E-state index in [1.54, 1.807) is 6.07 Å². The molecule has 2 heterocycles. The number of nitrogens with zero attached hydrogens (tertiary/aromatic N) is 1. The molecule has 2 aromatic heterocycles. The second kappa shape index (κ2) is 6.01. The smallest absolute Gasteiger partial charge is 0.264 e. The van der Waals surface area contributed by atoms with Crippen molar-refractivity contribution < 1.29 is 0 Å². The van der Waals surface area contributed by atoms with Crippen LogP contribution in [-0.2, 0) is 6.54 Å². The zero-order valence-corrected chi connectivity index (χ0v) is 13.9. The number of hydrogen-bond donors (Lipinski definition) is 3. The summed E-state index contributed by atoms with van der Waals surface area (Å²) >= 11 is 0. The Morgan fingerprint density at radius 3 is 2.70 bits per heavy atom. The third-order valence-electron chi connectivity index (χ3n) is 4.39. The number of aromatic nitrogens is 3. The van der Waals surface area contributed by atoms with E-state index in [1.165, 1.54) is 39.4 Å². The largest absolute Gasteiger partial charge is 0.358 e. The van der Waals surface area contributed by atoms with E-state index in [1.807, 2.05) is 6.92 Å². The van der Waals surface area contributed by atoms with Gasteiger partial charge in [0.05, 0.1) is 11.2 Å². The van der Waals surface area contributed by atoms with Gasteiger partial charge in [-0.3, -0.25) is 4.79 Å². The maximum atomic E-state index is 11.1. The fourth-order valence-electron chi connectivity index (χ4n) is 2.89. The van der Waals surface area contributed by atoms with Crippen LogP contribution in [0.5, 0.6) is 0 Å². The summed E-state index contributed by atoms with van der Waals surface area (Å²) in [7, 11) is 0. The van der Waals surface area contributed by atoms with Crippen molar-refractivity contribution in [3.05, 3.63) is 62.7 Å². The number of benzene rings is 1. The minimum Gasteiger partial charge on any atom is -0.358 e. The lowest BCUT2D eigenvalue weighted by Gasteiger charge is -2.14. The van der Waals surface area contributed by atoms with Crippen molar-refractivity contribution in [3.8, 4) is 0 Å². The third kappa shape index (κ3) is 3.05. The summed E-state index contributed by atoms with van der Waals surface area (Å²) in [6.07, 6.45) is 0. The highest BCUT2D eigenvalue weighted by Crippen LogP contribution is 2.26. The molecule has 0 bridgehead atoms. The minimum absolute atomic E-state index is 0.0552. The number of aryl methyl sites for hydroxylation is 3. The van der Waals surface area contributed by atoms with Crippen molar-refractivity contribution in [2.75, 3.05) is 0 Å². The first-order valence-corrected chi connectivity index (χ1v) is 7.83. The Hall–Kier alpha value is -2.40. The van der Waals surface area contributed by atoms with Crippen molar-refractivity contribution in [1.29, 1.82) is 0 Å². The second-order valence-electron chi connectivity index (χ2n) is 6.17. The Morgan fingerprint density at radius 1 is 1.22 bits per heavy atom. The van der Waals surface area contributed by atoms with Crippen LogP contribution in [0.1, 0.15) is 41.0 Å². The van der Waals surface area contributed by atoms with Gasteiger partial charge in [-0.05, 0) is 51.0 Å². The summed E-state index contributed by atoms with van der Waals surface area (Å²) in [6.45, 7) is 9.16. The molecule has 23 heavy (non-hydrogen) atoms. The van der Waals surface area contributed by atoms with Crippen LogP contribution in [0.15, 0.2) is 29.1 Å². The minimum atomic E-state index is -0.182. The number of rotatable bonds is 4. The zero-order valence-electron chi connectivity index (χ0n) is 13.9. The van der Waals surface area contributed by atoms with Gasteiger partial charge in [0.25, 0.3) is 5.56 Å². The molecule has 5 heteroatoms. The first kappa shape index (κ1) is 15.5. The number of aromatic amines is 2. The van der Waals surface area contributed by atoms with E-state index in [2.05, 4.69) is 53.4 Å². The van der Waals surface area contributed by atoms with E-state index in [0.29, 0.717) is 0 Å². The van der Waals surface area contributed by atoms with E-state index in [9.17, 15) is 4.79 Å². The highest BCUT2D eigenvalue weighted by atomic mass is 16.1. The van der Waals surface area contributed by atoms with E-state index in [-0.39, 0.29) is 11.6 Å². The molecule has 0 amide bonds. The Kier molecular flexibility index (Phi) is 4.05. The van der Waals surface area contributed by atoms with E-state index in [0.717, 1.165) is 12.2 Å². The fourth-order valence-corrected chi connectivity index (χ4v) is 2.89. The number of fused-ring (bicyclic) bond motifs is 1. The van der Waals surface area contributed by atoms with Crippen molar-refractivity contribution in [2.24, 2.45) is 0 Å². The van der Waals surface area contributed by atoms with Gasteiger partial charge in [0.2, 0.25) is 0 Å². The zero-order chi connectivity index (χ0) is 16.6. The number of hydrogen-bond acceptors (Lipinski definition) is 3. The molecule has 0 aliphatic rings. The average molecular weight is 310 g/mol. The molecule has 3 N–H and O–H groups in total. The van der Waals surface area contributed by atoms with Gasteiger partial charge in [-0.2, -0.15) is 5.10 Å². The lowest BCUT2D eigenvalue weighted by atomic mass is 10.0. The molecule has 3 rings (SSSR count). The molecule has 0 saturated heterocycles. The summed E-state index contributed by atoms with van der Waals surface area (Å²) in [5.41, 5.74) is 6.85. The molecule has 1 unspecified atom stereocenters. The molecule has 3 aromatic rings. The van der Waals surface area contributed by atoms with Crippen molar-refractivity contribution >= 4 is 10.9 Å². The lowest BCUT2D eigenvalue weighted by Crippen LogP contribution is -2.21. The predicted octanol–water partition coefficient (Wildman–Crippen LogP) is 3.03. The average Bonchev–Trinajstić information content (AvgIpc) is 2.81. The van der Waals surface area contributed by atoms with Crippen LogP contribution in [0.3, 0.4) is 0 Å². The molecule has 0 aliphatic heterocycles. The molecular weight excluding hydrogens is 288 g/mol. The first-order chi connectivity index (χ1) is 11.0. The summed E-state index contributed by atoms with van der Waals surface area (Å²) in [6, 6.07) is 7.75. The van der Waals surface area contributed by atoms with Crippen LogP contribution in [-0.4, -0.2) is 15.2 Å². The highest BCUT2D eigenvalue weighted by Gasteiger charge is 2.12. The van der Waals surface area contributed by atoms with Crippen LogP contribution in [0.25, 0.3) is 10.9 Å². The molecule has 5 nitrogen and oxygen atoms in total. The number of H-pyrrole nitrogens is 2. The third-order valence-corrected chi connectivity index (χ3v) is 4.39. The highest BCUT2D eigenvalue weighted by molar-refractivity contribution is 5.87. The van der Waals surface area contributed by atoms with Gasteiger partial charge in [-0.15, -0.1) is 0 Å². The van der Waals surface area contributed by atoms with Crippen molar-refractivity contribution in [2.45, 2.75) is 40.3 Å². The van der Waals surface area contributed by atoms with Gasteiger partial charge in [0, 0.05) is 29.7 Å². The molecular formula is C18H22N4O. The standard InChI is InChI=1S/C18H22N4O/c1-10-7-14(18-15(8-10)11(2)12(3)20-18)9-19-13(4)16-5-6-17(23)22-21-16/h5-8,13,19-20H,9H2,1-4H3,(H,22,23). The predicted molar refractivity (Wildman–Crippen MR) is 92.6 cm³/mol. The van der Waals surface area contributed by atoms with Gasteiger partial charge >= 0.3 is 0 Å². The second-order valence-corrected chi connectivity index (χ2v) is 6.17. The molecule has 0 spiro atoms. The first-order valence-electron chi connectivity index (χ1n) is 7.83. The molecule has 120 valence electrons. The molecule has 0 radical (unpaired) electrons. The Labute approximate surface area is 135 Å². The van der Waals surface area contributed by atoms with Crippen molar-refractivity contribution in [3.63, 3.8) is 0 Å². The Morgan fingerprint density at radius 2 is 2.00 bits per heavy atom. The molecule has 1 aromatic carbocycles. The SMILES string of the molecule is Cc1cc(CNC(C)c2ccc(=O)[nH]n2)c2[nH]c(C)c(C)c2c1. The van der Waals surface area contributed by atoms with E-state index in [4.69, 9.17) is 0 Å². The summed E-state index contributed by atoms with van der Waals surface area (Å²) in [5.74, 6) is 0. The normalized spacial score (nSPS) is 12.7. The van der Waals surface area contributed by atoms with Crippen LogP contribution in [0.2, 0.25) is 0 Å². The van der Waals surface area contributed by atoms with Gasteiger partial charge in [0.1, 0.15) is 0 Å². The van der Waals surface area contributed by atoms with Crippen molar-refractivity contribution in [1.82, 2.24) is 20.5 Å². The van der Waals surface area contributed by atoms with Crippen LogP contribution < -0.4 is 10.9 Å². The molecule has 0 aliphatic carbocycles. The van der Waals surface area contributed by atoms with E-state index >= 15 is 0 Å². The summed E-state index contributed by atoms with van der Waals surface area (Å²) in [5, 5.41) is 11.3. The van der Waals surface area contributed by atoms with Gasteiger partial charge in [0.15, 0.2) is 0 Å². The Bertz CT molecular complexity index is 887. The quantitative estimate of drug-likeness (QED) is 0.693. The maximum Gasteiger partial charge on any atom is 0.264 e. The van der Waals surface area contributed by atoms with Crippen LogP contribution >= 0.6 is 0 Å². The van der Waals surface area contributed by atoms with Crippen LogP contribution in [0, 0.1) is 20.8 Å². The van der Waals surface area contributed by atoms with E-state index < -0.39 is 0 Å². The monoisotopic (exact) mass is 310 g/mol. The van der Waals surface area contributed by atoms with Crippen LogP contribution in [0.4, 0.5) is 0 Å². The molecule has 1 atom stereocenters. The number of nitrogens with one attached hydrogen (secondary N) is 3. The van der Waals surface area contributed by atoms with Gasteiger partial charge in [-0.1, -0.05) is 11.6 Å². The molecule has 0 saturated carbocycles. The van der Waals surface area contributed by atoms with Gasteiger partial charge in [-0.25, -0.2) is 5.10 Å². The lowest BCUT2D eigenvalue weighted by molar-refractivity contribution is 0.555. The summed E-state index contributed by atoms with van der Waals surface area (Å²) in [4.78, 5) is 14.6. The fraction of sp³-hybridized carbons (Fsp3) is 0.333. The maximum absolute atomic E-state index is 11.1. The Balaban J connectivity index is 1.85. The van der Waals surface area contributed by atoms with Gasteiger partial charge < -0.3 is 10.3 Å².